The van der Waals surface area contributed by atoms with Crippen molar-refractivity contribution in [1.29, 1.82) is 0 Å². The molecule has 1 aromatic carbocycles. The zero-order valence-corrected chi connectivity index (χ0v) is 12.8. The number of carboxylic acid groups (broad SMARTS) is 1. The van der Waals surface area contributed by atoms with Crippen molar-refractivity contribution < 1.29 is 19.4 Å². The number of carboxylic acids is 1. The van der Waals surface area contributed by atoms with Crippen LogP contribution in [0.15, 0.2) is 18.2 Å². The number of aryl methyl sites for hydroxylation is 2. The van der Waals surface area contributed by atoms with Gasteiger partial charge in [-0.05, 0) is 25.3 Å². The second kappa shape index (κ2) is 6.55. The third-order valence-corrected chi connectivity index (χ3v) is 3.97. The number of aromatic nitrogens is 2. The summed E-state index contributed by atoms with van der Waals surface area (Å²) >= 11 is 0. The van der Waals surface area contributed by atoms with Crippen LogP contribution in [0.3, 0.4) is 0 Å². The standard InChI is InChI=1S/C15H19N3O4/c1-11-16(2)14-10-12(18(21)22)7-8-13(14)17(11)9-5-3-4-6-15(19)20/h7-8,10H,3-6,9H2,1-2H3/p+1. The SMILES string of the molecule is Cc1n(C)c2cc([N+](=O)[O-])ccc2[n+]1CCCCCC(=O)O. The minimum Gasteiger partial charge on any atom is -0.481 e. The summed E-state index contributed by atoms with van der Waals surface area (Å²) in [6.07, 6.45) is 2.60. The van der Waals surface area contributed by atoms with Crippen LogP contribution >= 0.6 is 0 Å². The molecule has 0 spiro atoms. The van der Waals surface area contributed by atoms with Crippen LogP contribution < -0.4 is 4.57 Å². The zero-order chi connectivity index (χ0) is 16.3. The predicted octanol–water partition coefficient (Wildman–Crippen LogP) is 2.33. The number of carbonyl (C=O) groups is 1. The summed E-state index contributed by atoms with van der Waals surface area (Å²) in [5, 5.41) is 19.5. The first kappa shape index (κ1) is 15.9. The average molecular weight is 306 g/mol. The molecule has 0 radical (unpaired) electrons. The first-order valence-corrected chi connectivity index (χ1v) is 7.27. The number of hydrogen-bond donors (Lipinski definition) is 1. The van der Waals surface area contributed by atoms with Gasteiger partial charge in [0.1, 0.15) is 0 Å². The van der Waals surface area contributed by atoms with Crippen LogP contribution in [0, 0.1) is 17.0 Å². The Morgan fingerprint density at radius 2 is 2.09 bits per heavy atom. The molecule has 0 aliphatic carbocycles. The molecule has 2 rings (SSSR count). The van der Waals surface area contributed by atoms with E-state index in [0.717, 1.165) is 36.2 Å². The maximum Gasteiger partial charge on any atom is 0.303 e. The van der Waals surface area contributed by atoms with Crippen LogP contribution in [0.1, 0.15) is 31.5 Å². The molecule has 1 aromatic heterocycles. The van der Waals surface area contributed by atoms with E-state index in [1.165, 1.54) is 6.07 Å². The molecule has 7 nitrogen and oxygen atoms in total. The van der Waals surface area contributed by atoms with Crippen molar-refractivity contribution in [1.82, 2.24) is 4.57 Å². The molecule has 2 aromatic rings. The van der Waals surface area contributed by atoms with Crippen molar-refractivity contribution in [2.24, 2.45) is 7.05 Å². The summed E-state index contributed by atoms with van der Waals surface area (Å²) in [5.41, 5.74) is 1.88. The van der Waals surface area contributed by atoms with Crippen molar-refractivity contribution in [3.05, 3.63) is 34.1 Å². The van der Waals surface area contributed by atoms with Gasteiger partial charge in [0.15, 0.2) is 11.0 Å². The van der Waals surface area contributed by atoms with Gasteiger partial charge in [0.2, 0.25) is 0 Å². The van der Waals surface area contributed by atoms with Gasteiger partial charge in [0, 0.05) is 19.4 Å². The zero-order valence-electron chi connectivity index (χ0n) is 12.8. The van der Waals surface area contributed by atoms with Gasteiger partial charge < -0.3 is 5.11 Å². The van der Waals surface area contributed by atoms with Crippen LogP contribution in [0.25, 0.3) is 11.0 Å². The van der Waals surface area contributed by atoms with Crippen LogP contribution in [0.2, 0.25) is 0 Å². The molecule has 0 aliphatic rings. The van der Waals surface area contributed by atoms with Crippen LogP contribution in [0.5, 0.6) is 0 Å². The van der Waals surface area contributed by atoms with Gasteiger partial charge in [-0.25, -0.2) is 9.13 Å². The summed E-state index contributed by atoms with van der Waals surface area (Å²) in [6.45, 7) is 2.75. The second-order valence-corrected chi connectivity index (χ2v) is 5.39. The Balaban J connectivity index is 2.18. The van der Waals surface area contributed by atoms with Gasteiger partial charge in [0.25, 0.3) is 11.5 Å². The number of benzene rings is 1. The smallest absolute Gasteiger partial charge is 0.303 e. The third kappa shape index (κ3) is 3.24. The van der Waals surface area contributed by atoms with Crippen LogP contribution in [0.4, 0.5) is 5.69 Å². The largest absolute Gasteiger partial charge is 0.481 e. The highest BCUT2D eigenvalue weighted by molar-refractivity contribution is 5.75. The topological polar surface area (TPSA) is 89.2 Å². The van der Waals surface area contributed by atoms with Crippen molar-refractivity contribution in [3.8, 4) is 0 Å². The van der Waals surface area contributed by atoms with E-state index in [4.69, 9.17) is 5.11 Å². The Morgan fingerprint density at radius 3 is 2.73 bits per heavy atom. The normalized spacial score (nSPS) is 11.0. The number of aliphatic carboxylic acids is 1. The average Bonchev–Trinajstić information content (AvgIpc) is 2.71. The molecule has 22 heavy (non-hydrogen) atoms. The van der Waals surface area contributed by atoms with Crippen molar-refractivity contribution in [2.75, 3.05) is 0 Å². The minimum atomic E-state index is -0.763. The molecule has 0 saturated carbocycles. The van der Waals surface area contributed by atoms with E-state index in [-0.39, 0.29) is 12.1 Å². The van der Waals surface area contributed by atoms with Gasteiger partial charge in [-0.1, -0.05) is 0 Å². The van der Waals surface area contributed by atoms with Gasteiger partial charge in [-0.2, -0.15) is 0 Å². The molecule has 0 bridgehead atoms. The van der Waals surface area contributed by atoms with E-state index in [1.54, 1.807) is 12.1 Å². The second-order valence-electron chi connectivity index (χ2n) is 5.39. The number of rotatable bonds is 7. The first-order chi connectivity index (χ1) is 10.4. The quantitative estimate of drug-likeness (QED) is 0.368. The lowest BCUT2D eigenvalue weighted by molar-refractivity contribution is -0.678. The van der Waals surface area contributed by atoms with E-state index in [1.807, 2.05) is 18.5 Å². The third-order valence-electron chi connectivity index (χ3n) is 3.97. The highest BCUT2D eigenvalue weighted by atomic mass is 16.6. The molecule has 0 unspecified atom stereocenters. The fraction of sp³-hybridized carbons (Fsp3) is 0.467. The van der Waals surface area contributed by atoms with Crippen LogP contribution in [-0.4, -0.2) is 20.6 Å². The molecule has 0 atom stereocenters. The number of nitro groups is 1. The fourth-order valence-electron chi connectivity index (χ4n) is 2.66. The number of hydrogen-bond acceptors (Lipinski definition) is 3. The maximum atomic E-state index is 10.9. The van der Waals surface area contributed by atoms with Crippen molar-refractivity contribution in [2.45, 2.75) is 39.2 Å². The Morgan fingerprint density at radius 1 is 1.36 bits per heavy atom. The maximum absolute atomic E-state index is 10.9. The van der Waals surface area contributed by atoms with Crippen LogP contribution in [-0.2, 0) is 18.4 Å². The first-order valence-electron chi connectivity index (χ1n) is 7.27. The van der Waals surface area contributed by atoms with Gasteiger partial charge >= 0.3 is 5.97 Å². The number of fused-ring (bicyclic) bond motifs is 1. The van der Waals surface area contributed by atoms with E-state index in [2.05, 4.69) is 4.57 Å². The summed E-state index contributed by atoms with van der Waals surface area (Å²) in [5.74, 6) is 0.259. The number of non-ortho nitro benzene ring substituents is 1. The highest BCUT2D eigenvalue weighted by Crippen LogP contribution is 2.20. The number of imidazole rings is 1. The molecule has 1 N–H and O–H groups in total. The number of nitrogens with zero attached hydrogens (tertiary/aromatic N) is 3. The number of unbranched alkanes of at least 4 members (excludes halogenated alkanes) is 2. The molecule has 0 amide bonds. The van der Waals surface area contributed by atoms with E-state index in [9.17, 15) is 14.9 Å². The molecule has 0 fully saturated rings. The lowest BCUT2D eigenvalue weighted by Crippen LogP contribution is -2.36. The van der Waals surface area contributed by atoms with Gasteiger partial charge in [0.05, 0.1) is 24.6 Å². The van der Waals surface area contributed by atoms with Gasteiger partial charge in [-0.3, -0.25) is 14.9 Å². The number of nitro benzene ring substituents is 1. The summed E-state index contributed by atoms with van der Waals surface area (Å²) in [6, 6.07) is 4.88. The van der Waals surface area contributed by atoms with E-state index in [0.29, 0.717) is 6.42 Å². The fourth-order valence-corrected chi connectivity index (χ4v) is 2.66. The van der Waals surface area contributed by atoms with Crippen molar-refractivity contribution >= 4 is 22.7 Å². The molecule has 0 aliphatic heterocycles. The molecular formula is C15H20N3O4+. The lowest BCUT2D eigenvalue weighted by Gasteiger charge is -2.00. The van der Waals surface area contributed by atoms with Gasteiger partial charge in [-0.15, -0.1) is 0 Å². The highest BCUT2D eigenvalue weighted by Gasteiger charge is 2.21. The molecule has 0 saturated heterocycles. The van der Waals surface area contributed by atoms with E-state index < -0.39 is 10.9 Å². The molecule has 7 heteroatoms. The summed E-state index contributed by atoms with van der Waals surface area (Å²) in [4.78, 5) is 21.0. The Bertz CT molecular complexity index is 721. The Hall–Kier alpha value is -2.44. The molecular weight excluding hydrogens is 286 g/mol. The monoisotopic (exact) mass is 306 g/mol. The lowest BCUT2D eigenvalue weighted by atomic mass is 10.2. The molecule has 118 valence electrons. The van der Waals surface area contributed by atoms with E-state index >= 15 is 0 Å². The predicted molar refractivity (Wildman–Crippen MR) is 80.6 cm³/mol. The summed E-state index contributed by atoms with van der Waals surface area (Å²) < 4.78 is 4.07. The van der Waals surface area contributed by atoms with Crippen molar-refractivity contribution in [3.63, 3.8) is 0 Å². The molecule has 1 heterocycles. The Labute approximate surface area is 127 Å². The Kier molecular flexibility index (Phi) is 4.75. The minimum absolute atomic E-state index is 0.0849. The summed E-state index contributed by atoms with van der Waals surface area (Å²) in [7, 11) is 1.89.